The van der Waals surface area contributed by atoms with Crippen LogP contribution in [0, 0.1) is 0 Å². The molecule has 18 heavy (non-hydrogen) atoms. The van der Waals surface area contributed by atoms with Gasteiger partial charge in [-0.2, -0.15) is 0 Å². The van der Waals surface area contributed by atoms with Crippen LogP contribution in [-0.4, -0.2) is 24.3 Å². The maximum absolute atomic E-state index is 11.4. The number of aliphatic hydroxyl groups excluding tert-OH is 1. The Bertz CT molecular complexity index is 372. The first kappa shape index (κ1) is 14.8. The Kier molecular flexibility index (Phi) is 7.22. The second-order valence-corrected chi connectivity index (χ2v) is 4.39. The van der Waals surface area contributed by atoms with E-state index in [9.17, 15) is 4.79 Å². The fourth-order valence-electron chi connectivity index (χ4n) is 1.50. The van der Waals surface area contributed by atoms with Gasteiger partial charge in [0, 0.05) is 24.7 Å². The molecule has 0 aliphatic heterocycles. The van der Waals surface area contributed by atoms with Gasteiger partial charge in [0.25, 0.3) is 0 Å². The molecule has 0 saturated heterocycles. The zero-order valence-electron chi connectivity index (χ0n) is 10.3. The minimum Gasteiger partial charge on any atom is -0.396 e. The fourth-order valence-corrected chi connectivity index (χ4v) is 1.70. The summed E-state index contributed by atoms with van der Waals surface area (Å²) in [6.07, 6.45) is 2.57. The summed E-state index contributed by atoms with van der Waals surface area (Å²) < 4.78 is 0. The van der Waals surface area contributed by atoms with Crippen LogP contribution in [0.2, 0.25) is 5.02 Å². The molecule has 1 aromatic rings. The van der Waals surface area contributed by atoms with Crippen LogP contribution in [0.5, 0.6) is 0 Å². The quantitative estimate of drug-likeness (QED) is 0.666. The minimum absolute atomic E-state index is 0.195. The highest BCUT2D eigenvalue weighted by atomic mass is 35.5. The van der Waals surface area contributed by atoms with Crippen LogP contribution in [0.1, 0.15) is 24.8 Å². The molecule has 5 heteroatoms. The number of aliphatic hydroxyl groups is 1. The first-order chi connectivity index (χ1) is 8.74. The summed E-state index contributed by atoms with van der Waals surface area (Å²) >= 11 is 5.97. The lowest BCUT2D eigenvalue weighted by atomic mass is 10.2. The molecule has 0 atom stereocenters. The smallest absolute Gasteiger partial charge is 0.315 e. The largest absolute Gasteiger partial charge is 0.396 e. The van der Waals surface area contributed by atoms with Crippen molar-refractivity contribution in [3.8, 4) is 0 Å². The van der Waals surface area contributed by atoms with Gasteiger partial charge in [-0.3, -0.25) is 0 Å². The molecule has 3 N–H and O–H groups in total. The maximum Gasteiger partial charge on any atom is 0.315 e. The van der Waals surface area contributed by atoms with Gasteiger partial charge in [0.05, 0.1) is 0 Å². The topological polar surface area (TPSA) is 61.4 Å². The number of benzene rings is 1. The van der Waals surface area contributed by atoms with Crippen LogP contribution in [0.25, 0.3) is 0 Å². The summed E-state index contributed by atoms with van der Waals surface area (Å²) in [5.41, 5.74) is 0.898. The Labute approximate surface area is 112 Å². The number of amides is 2. The monoisotopic (exact) mass is 270 g/mol. The van der Waals surface area contributed by atoms with Gasteiger partial charge in [-0.15, -0.1) is 0 Å². The normalized spacial score (nSPS) is 10.1. The lowest BCUT2D eigenvalue weighted by Gasteiger charge is -2.08. The molecule has 100 valence electrons. The third-order valence-corrected chi connectivity index (χ3v) is 2.89. The number of hydrogen-bond acceptors (Lipinski definition) is 2. The van der Waals surface area contributed by atoms with Gasteiger partial charge >= 0.3 is 6.03 Å². The molecule has 2 amide bonds. The van der Waals surface area contributed by atoms with Gasteiger partial charge in [0.2, 0.25) is 0 Å². The molecule has 0 unspecified atom stereocenters. The Morgan fingerprint density at radius 3 is 2.67 bits per heavy atom. The number of carbonyl (C=O) groups excluding carboxylic acids is 1. The van der Waals surface area contributed by atoms with Gasteiger partial charge in [-0.05, 0) is 30.9 Å². The van der Waals surface area contributed by atoms with Crippen LogP contribution in [0.3, 0.4) is 0 Å². The van der Waals surface area contributed by atoms with Crippen molar-refractivity contribution in [1.29, 1.82) is 0 Å². The van der Waals surface area contributed by atoms with E-state index in [1.54, 1.807) is 6.07 Å². The zero-order valence-corrected chi connectivity index (χ0v) is 11.0. The SMILES string of the molecule is O=C(NCCCCCO)NCc1ccccc1Cl. The van der Waals surface area contributed by atoms with Crippen molar-refractivity contribution < 1.29 is 9.90 Å². The summed E-state index contributed by atoms with van der Waals surface area (Å²) in [4.78, 5) is 11.4. The summed E-state index contributed by atoms with van der Waals surface area (Å²) in [5.74, 6) is 0. The number of halogens is 1. The van der Waals surface area contributed by atoms with E-state index >= 15 is 0 Å². The lowest BCUT2D eigenvalue weighted by molar-refractivity contribution is 0.240. The third kappa shape index (κ3) is 5.89. The Balaban J connectivity index is 2.15. The predicted molar refractivity (Wildman–Crippen MR) is 72.6 cm³/mol. The van der Waals surface area contributed by atoms with Crippen LogP contribution >= 0.6 is 11.6 Å². The van der Waals surface area contributed by atoms with Crippen molar-refractivity contribution in [2.24, 2.45) is 0 Å². The lowest BCUT2D eigenvalue weighted by Crippen LogP contribution is -2.35. The molecule has 4 nitrogen and oxygen atoms in total. The molecular formula is C13H19ClN2O2. The predicted octanol–water partition coefficient (Wildman–Crippen LogP) is 2.30. The highest BCUT2D eigenvalue weighted by Crippen LogP contribution is 2.13. The summed E-state index contributed by atoms with van der Waals surface area (Å²) in [6.45, 7) is 1.25. The van der Waals surface area contributed by atoms with Crippen LogP contribution in [0.4, 0.5) is 4.79 Å². The molecular weight excluding hydrogens is 252 g/mol. The second-order valence-electron chi connectivity index (χ2n) is 3.99. The second kappa shape index (κ2) is 8.78. The van der Waals surface area contributed by atoms with E-state index in [1.807, 2.05) is 18.2 Å². The van der Waals surface area contributed by atoms with Crippen molar-refractivity contribution in [3.63, 3.8) is 0 Å². The van der Waals surface area contributed by atoms with E-state index < -0.39 is 0 Å². The van der Waals surface area contributed by atoms with Crippen molar-refractivity contribution in [2.75, 3.05) is 13.2 Å². The molecule has 0 aliphatic carbocycles. The van der Waals surface area contributed by atoms with E-state index in [4.69, 9.17) is 16.7 Å². The Morgan fingerprint density at radius 2 is 1.94 bits per heavy atom. The third-order valence-electron chi connectivity index (χ3n) is 2.52. The first-order valence-electron chi connectivity index (χ1n) is 6.10. The van der Waals surface area contributed by atoms with Gasteiger partial charge < -0.3 is 15.7 Å². The minimum atomic E-state index is -0.195. The molecule has 0 spiro atoms. The van der Waals surface area contributed by atoms with Gasteiger partial charge in [-0.1, -0.05) is 29.8 Å². The molecule has 0 aromatic heterocycles. The zero-order chi connectivity index (χ0) is 13.2. The first-order valence-corrected chi connectivity index (χ1v) is 6.48. The van der Waals surface area contributed by atoms with E-state index in [0.29, 0.717) is 18.1 Å². The summed E-state index contributed by atoms with van der Waals surface area (Å²) in [5, 5.41) is 14.8. The average Bonchev–Trinajstić information content (AvgIpc) is 2.37. The number of carbonyl (C=O) groups is 1. The molecule has 0 fully saturated rings. The van der Waals surface area contributed by atoms with Crippen molar-refractivity contribution >= 4 is 17.6 Å². The summed E-state index contributed by atoms with van der Waals surface area (Å²) in [6, 6.07) is 7.22. The van der Waals surface area contributed by atoms with Gasteiger partial charge in [0.1, 0.15) is 0 Å². The van der Waals surface area contributed by atoms with E-state index in [2.05, 4.69) is 10.6 Å². The number of nitrogens with one attached hydrogen (secondary N) is 2. The van der Waals surface area contributed by atoms with Crippen LogP contribution in [-0.2, 0) is 6.54 Å². The highest BCUT2D eigenvalue weighted by molar-refractivity contribution is 6.31. The van der Waals surface area contributed by atoms with E-state index in [1.165, 1.54) is 0 Å². The molecule has 1 aromatic carbocycles. The molecule has 0 aliphatic rings. The van der Waals surface area contributed by atoms with Crippen LogP contribution < -0.4 is 10.6 Å². The summed E-state index contributed by atoms with van der Waals surface area (Å²) in [7, 11) is 0. The molecule has 0 heterocycles. The molecule has 0 bridgehead atoms. The number of urea groups is 1. The molecule has 1 rings (SSSR count). The van der Waals surface area contributed by atoms with Gasteiger partial charge in [-0.25, -0.2) is 4.79 Å². The highest BCUT2D eigenvalue weighted by Gasteiger charge is 2.02. The van der Waals surface area contributed by atoms with Crippen molar-refractivity contribution in [2.45, 2.75) is 25.8 Å². The van der Waals surface area contributed by atoms with E-state index in [0.717, 1.165) is 24.8 Å². The maximum atomic E-state index is 11.4. The average molecular weight is 271 g/mol. The fraction of sp³-hybridized carbons (Fsp3) is 0.462. The van der Waals surface area contributed by atoms with Crippen LogP contribution in [0.15, 0.2) is 24.3 Å². The van der Waals surface area contributed by atoms with Crippen molar-refractivity contribution in [1.82, 2.24) is 10.6 Å². The molecule has 0 radical (unpaired) electrons. The Hall–Kier alpha value is -1.26. The Morgan fingerprint density at radius 1 is 1.17 bits per heavy atom. The number of hydrogen-bond donors (Lipinski definition) is 3. The van der Waals surface area contributed by atoms with E-state index in [-0.39, 0.29) is 12.6 Å². The number of unbranched alkanes of at least 4 members (excludes halogenated alkanes) is 2. The number of rotatable bonds is 7. The van der Waals surface area contributed by atoms with Crippen molar-refractivity contribution in [3.05, 3.63) is 34.9 Å². The van der Waals surface area contributed by atoms with Gasteiger partial charge in [0.15, 0.2) is 0 Å². The molecule has 0 saturated carbocycles. The standard InChI is InChI=1S/C13H19ClN2O2/c14-12-7-3-2-6-11(12)10-16-13(18)15-8-4-1-5-9-17/h2-3,6-7,17H,1,4-5,8-10H2,(H2,15,16,18).